The monoisotopic (exact) mass is 259 g/mol. The first-order valence-electron chi connectivity index (χ1n) is 5.75. The van der Waals surface area contributed by atoms with Crippen LogP contribution in [0.3, 0.4) is 0 Å². The normalized spacial score (nSPS) is 12.6. The Balaban J connectivity index is 3.15. The molecule has 2 N–H and O–H groups in total. The molecule has 0 unspecified atom stereocenters. The van der Waals surface area contributed by atoms with Gasteiger partial charge in [-0.2, -0.15) is 13.2 Å². The lowest BCUT2D eigenvalue weighted by Crippen LogP contribution is -2.46. The van der Waals surface area contributed by atoms with Crippen molar-refractivity contribution in [2.75, 3.05) is 0 Å². The van der Waals surface area contributed by atoms with Crippen LogP contribution in [0.15, 0.2) is 24.3 Å². The van der Waals surface area contributed by atoms with Gasteiger partial charge >= 0.3 is 6.18 Å². The smallest absolute Gasteiger partial charge is 0.319 e. The Morgan fingerprint density at radius 2 is 1.78 bits per heavy atom. The maximum absolute atomic E-state index is 12.5. The summed E-state index contributed by atoms with van der Waals surface area (Å²) in [6.07, 6.45) is -3.68. The molecule has 0 spiro atoms. The molecule has 1 rings (SSSR count). The van der Waals surface area contributed by atoms with Gasteiger partial charge in [0.25, 0.3) is 0 Å². The number of carbonyl (C=O) groups excluding carboxylic acids is 1. The molecular formula is C13H16F3NO. The fraction of sp³-hybridized carbons (Fsp3) is 0.462. The Morgan fingerprint density at radius 1 is 1.22 bits per heavy atom. The van der Waals surface area contributed by atoms with Crippen molar-refractivity contribution in [3.63, 3.8) is 0 Å². The van der Waals surface area contributed by atoms with Crippen molar-refractivity contribution in [3.05, 3.63) is 35.4 Å². The van der Waals surface area contributed by atoms with Crippen LogP contribution in [-0.2, 0) is 6.18 Å². The predicted octanol–water partition coefficient (Wildman–Crippen LogP) is 3.41. The minimum Gasteiger partial charge on any atom is -0.319 e. The van der Waals surface area contributed by atoms with Crippen molar-refractivity contribution in [1.29, 1.82) is 0 Å². The van der Waals surface area contributed by atoms with Crippen LogP contribution in [0, 0.1) is 0 Å². The average molecular weight is 259 g/mol. The average Bonchev–Trinajstić information content (AvgIpc) is 2.36. The fourth-order valence-electron chi connectivity index (χ4n) is 1.70. The van der Waals surface area contributed by atoms with Crippen molar-refractivity contribution >= 4 is 5.78 Å². The van der Waals surface area contributed by atoms with Crippen LogP contribution >= 0.6 is 0 Å². The standard InChI is InChI=1S/C13H16F3NO/c1-3-12(17,4-2)11(18)9-6-5-7-10(8-9)13(14,15)16/h5-8H,3-4,17H2,1-2H3. The molecule has 0 amide bonds. The molecule has 0 radical (unpaired) electrons. The molecule has 18 heavy (non-hydrogen) atoms. The van der Waals surface area contributed by atoms with E-state index in [1.807, 2.05) is 0 Å². The van der Waals surface area contributed by atoms with E-state index in [0.717, 1.165) is 12.1 Å². The molecule has 0 heterocycles. The summed E-state index contributed by atoms with van der Waals surface area (Å²) in [6.45, 7) is 3.49. The second-order valence-corrected chi connectivity index (χ2v) is 4.27. The molecule has 1 aromatic carbocycles. The Kier molecular flexibility index (Phi) is 4.16. The number of carbonyl (C=O) groups is 1. The van der Waals surface area contributed by atoms with E-state index in [4.69, 9.17) is 5.73 Å². The van der Waals surface area contributed by atoms with Gasteiger partial charge in [-0.05, 0) is 25.0 Å². The Bertz CT molecular complexity index is 436. The minimum absolute atomic E-state index is 0.0102. The lowest BCUT2D eigenvalue weighted by Gasteiger charge is -2.25. The molecule has 100 valence electrons. The van der Waals surface area contributed by atoms with Crippen molar-refractivity contribution in [2.24, 2.45) is 5.73 Å². The van der Waals surface area contributed by atoms with Gasteiger partial charge in [-0.25, -0.2) is 0 Å². The third-order valence-electron chi connectivity index (χ3n) is 3.17. The summed E-state index contributed by atoms with van der Waals surface area (Å²) in [5.41, 5.74) is 3.99. The topological polar surface area (TPSA) is 43.1 Å². The third-order valence-corrected chi connectivity index (χ3v) is 3.17. The first-order valence-corrected chi connectivity index (χ1v) is 5.75. The van der Waals surface area contributed by atoms with Gasteiger partial charge in [-0.15, -0.1) is 0 Å². The zero-order valence-electron chi connectivity index (χ0n) is 10.3. The number of benzene rings is 1. The van der Waals surface area contributed by atoms with E-state index in [9.17, 15) is 18.0 Å². The number of Topliss-reactive ketones (excluding diaryl/α,β-unsaturated/α-hetero) is 1. The number of halogens is 3. The van der Waals surface area contributed by atoms with E-state index < -0.39 is 23.1 Å². The van der Waals surface area contributed by atoms with E-state index in [-0.39, 0.29) is 5.56 Å². The Morgan fingerprint density at radius 3 is 2.22 bits per heavy atom. The number of hydrogen-bond acceptors (Lipinski definition) is 2. The number of alkyl halides is 3. The van der Waals surface area contributed by atoms with Crippen LogP contribution in [-0.4, -0.2) is 11.3 Å². The molecule has 0 saturated carbocycles. The highest BCUT2D eigenvalue weighted by Gasteiger charge is 2.34. The van der Waals surface area contributed by atoms with Gasteiger partial charge in [0, 0.05) is 5.56 Å². The summed E-state index contributed by atoms with van der Waals surface area (Å²) in [7, 11) is 0. The van der Waals surface area contributed by atoms with E-state index in [0.29, 0.717) is 12.8 Å². The summed E-state index contributed by atoms with van der Waals surface area (Å²) in [5, 5.41) is 0. The molecule has 0 aliphatic carbocycles. The maximum Gasteiger partial charge on any atom is 0.416 e. The highest BCUT2D eigenvalue weighted by atomic mass is 19.4. The van der Waals surface area contributed by atoms with Gasteiger partial charge in [0.2, 0.25) is 0 Å². The third kappa shape index (κ3) is 2.90. The summed E-state index contributed by atoms with van der Waals surface area (Å²) in [6, 6.07) is 4.38. The molecule has 0 aliphatic rings. The van der Waals surface area contributed by atoms with Crippen molar-refractivity contribution in [1.82, 2.24) is 0 Å². The van der Waals surface area contributed by atoms with Gasteiger partial charge in [-0.3, -0.25) is 4.79 Å². The van der Waals surface area contributed by atoms with E-state index in [2.05, 4.69) is 0 Å². The predicted molar refractivity (Wildman–Crippen MR) is 63.3 cm³/mol. The van der Waals surface area contributed by atoms with Gasteiger partial charge in [0.15, 0.2) is 5.78 Å². The summed E-state index contributed by atoms with van der Waals surface area (Å²) in [5.74, 6) is -0.446. The maximum atomic E-state index is 12.5. The number of rotatable bonds is 4. The number of hydrogen-bond donors (Lipinski definition) is 1. The lowest BCUT2D eigenvalue weighted by molar-refractivity contribution is -0.137. The summed E-state index contributed by atoms with van der Waals surface area (Å²) in [4.78, 5) is 12.1. The van der Waals surface area contributed by atoms with Crippen molar-refractivity contribution in [2.45, 2.75) is 38.4 Å². The van der Waals surface area contributed by atoms with Gasteiger partial charge in [-0.1, -0.05) is 26.0 Å². The SMILES string of the molecule is CCC(N)(CC)C(=O)c1cccc(C(F)(F)F)c1. The zero-order chi connectivity index (χ0) is 14.0. The van der Waals surface area contributed by atoms with E-state index in [1.54, 1.807) is 13.8 Å². The van der Waals surface area contributed by atoms with Crippen LogP contribution in [0.2, 0.25) is 0 Å². The van der Waals surface area contributed by atoms with Crippen LogP contribution in [0.4, 0.5) is 13.2 Å². The minimum atomic E-state index is -4.45. The van der Waals surface area contributed by atoms with Crippen LogP contribution in [0.25, 0.3) is 0 Å². The number of ketones is 1. The van der Waals surface area contributed by atoms with Crippen molar-refractivity contribution < 1.29 is 18.0 Å². The van der Waals surface area contributed by atoms with Gasteiger partial charge in [0.05, 0.1) is 11.1 Å². The van der Waals surface area contributed by atoms with Crippen LogP contribution in [0.1, 0.15) is 42.6 Å². The molecule has 0 fully saturated rings. The van der Waals surface area contributed by atoms with Crippen molar-refractivity contribution in [3.8, 4) is 0 Å². The molecule has 0 bridgehead atoms. The zero-order valence-corrected chi connectivity index (χ0v) is 10.3. The Labute approximate surface area is 104 Å². The summed E-state index contributed by atoms with van der Waals surface area (Å²) >= 11 is 0. The Hall–Kier alpha value is -1.36. The van der Waals surface area contributed by atoms with E-state index >= 15 is 0 Å². The molecular weight excluding hydrogens is 243 g/mol. The molecule has 0 aliphatic heterocycles. The molecule has 0 atom stereocenters. The van der Waals surface area contributed by atoms with E-state index in [1.165, 1.54) is 12.1 Å². The highest BCUT2D eigenvalue weighted by Crippen LogP contribution is 2.30. The highest BCUT2D eigenvalue weighted by molar-refractivity contribution is 6.03. The quantitative estimate of drug-likeness (QED) is 0.842. The first kappa shape index (κ1) is 14.7. The molecule has 1 aromatic rings. The molecule has 5 heteroatoms. The van der Waals surface area contributed by atoms with Gasteiger partial charge in [0.1, 0.15) is 0 Å². The van der Waals surface area contributed by atoms with Crippen LogP contribution in [0.5, 0.6) is 0 Å². The molecule has 0 aromatic heterocycles. The molecule has 0 saturated heterocycles. The van der Waals surface area contributed by atoms with Crippen LogP contribution < -0.4 is 5.73 Å². The second-order valence-electron chi connectivity index (χ2n) is 4.27. The second kappa shape index (κ2) is 5.10. The lowest BCUT2D eigenvalue weighted by atomic mass is 9.85. The molecule has 2 nitrogen and oxygen atoms in total. The number of nitrogens with two attached hydrogens (primary N) is 1. The largest absolute Gasteiger partial charge is 0.416 e. The summed E-state index contributed by atoms with van der Waals surface area (Å²) < 4.78 is 37.6. The first-order chi connectivity index (χ1) is 8.24. The fourth-order valence-corrected chi connectivity index (χ4v) is 1.70. The van der Waals surface area contributed by atoms with Gasteiger partial charge < -0.3 is 5.73 Å².